The molecule has 1 fully saturated rings. The highest BCUT2D eigenvalue weighted by Crippen LogP contribution is 2.25. The summed E-state index contributed by atoms with van der Waals surface area (Å²) in [5, 5.41) is 1.04. The predicted molar refractivity (Wildman–Crippen MR) is 71.6 cm³/mol. The number of anilines is 2. The molecule has 1 aromatic carbocycles. The first-order chi connectivity index (χ1) is 8.74. The van der Waals surface area contributed by atoms with Crippen LogP contribution in [0.4, 0.5) is 11.8 Å². The minimum atomic E-state index is 0.216. The molecule has 18 heavy (non-hydrogen) atoms. The summed E-state index contributed by atoms with van der Waals surface area (Å²) < 4.78 is 5.56. The lowest BCUT2D eigenvalue weighted by Gasteiger charge is -2.32. The zero-order valence-corrected chi connectivity index (χ0v) is 10.3. The third-order valence-electron chi connectivity index (χ3n) is 3.14. The molecule has 0 radical (unpaired) electrons. The predicted octanol–water partition coefficient (Wildman–Crippen LogP) is 1.44. The molecule has 1 aromatic heterocycles. The van der Waals surface area contributed by atoms with Crippen LogP contribution >= 0.6 is 0 Å². The monoisotopic (exact) mass is 244 g/mol. The number of para-hydroxylation sites is 1. The maximum atomic E-state index is 5.79. The summed E-state index contributed by atoms with van der Waals surface area (Å²) in [7, 11) is 0. The minimum Gasteiger partial charge on any atom is -0.375 e. The van der Waals surface area contributed by atoms with Gasteiger partial charge in [-0.25, -0.2) is 4.98 Å². The molecule has 1 saturated heterocycles. The zero-order chi connectivity index (χ0) is 12.5. The molecule has 1 atom stereocenters. The van der Waals surface area contributed by atoms with Crippen molar-refractivity contribution >= 4 is 22.7 Å². The smallest absolute Gasteiger partial charge is 0.222 e. The van der Waals surface area contributed by atoms with Gasteiger partial charge in [0.2, 0.25) is 5.95 Å². The van der Waals surface area contributed by atoms with E-state index in [4.69, 9.17) is 10.5 Å². The summed E-state index contributed by atoms with van der Waals surface area (Å²) in [5.74, 6) is 1.23. The lowest BCUT2D eigenvalue weighted by Crippen LogP contribution is -2.41. The number of benzene rings is 1. The maximum Gasteiger partial charge on any atom is 0.222 e. The summed E-state index contributed by atoms with van der Waals surface area (Å²) in [5.41, 5.74) is 6.67. The fourth-order valence-corrected chi connectivity index (χ4v) is 2.33. The van der Waals surface area contributed by atoms with Crippen LogP contribution in [0, 0.1) is 0 Å². The Morgan fingerprint density at radius 2 is 2.17 bits per heavy atom. The first-order valence-electron chi connectivity index (χ1n) is 6.13. The second-order valence-electron chi connectivity index (χ2n) is 4.55. The number of morpholine rings is 1. The van der Waals surface area contributed by atoms with Crippen molar-refractivity contribution in [3.63, 3.8) is 0 Å². The largest absolute Gasteiger partial charge is 0.375 e. The molecule has 2 N–H and O–H groups in total. The van der Waals surface area contributed by atoms with Crippen LogP contribution in [0.15, 0.2) is 24.3 Å². The fourth-order valence-electron chi connectivity index (χ4n) is 2.33. The van der Waals surface area contributed by atoms with Gasteiger partial charge in [-0.3, -0.25) is 0 Å². The van der Waals surface area contributed by atoms with E-state index in [1.54, 1.807) is 0 Å². The van der Waals surface area contributed by atoms with E-state index >= 15 is 0 Å². The number of nitrogens with zero attached hydrogens (tertiary/aromatic N) is 3. The van der Waals surface area contributed by atoms with Crippen LogP contribution in [-0.2, 0) is 4.74 Å². The average Bonchev–Trinajstić information content (AvgIpc) is 2.37. The van der Waals surface area contributed by atoms with Crippen molar-refractivity contribution in [1.82, 2.24) is 9.97 Å². The topological polar surface area (TPSA) is 64.3 Å². The molecule has 0 aliphatic carbocycles. The zero-order valence-electron chi connectivity index (χ0n) is 10.3. The summed E-state index contributed by atoms with van der Waals surface area (Å²) >= 11 is 0. The highest BCUT2D eigenvalue weighted by atomic mass is 16.5. The number of rotatable bonds is 1. The van der Waals surface area contributed by atoms with Gasteiger partial charge in [0.05, 0.1) is 18.2 Å². The number of nitrogen functional groups attached to an aromatic ring is 1. The summed E-state index contributed by atoms with van der Waals surface area (Å²) in [6, 6.07) is 7.95. The molecule has 5 heteroatoms. The van der Waals surface area contributed by atoms with Gasteiger partial charge < -0.3 is 15.4 Å². The van der Waals surface area contributed by atoms with Crippen molar-refractivity contribution in [3.8, 4) is 0 Å². The van der Waals surface area contributed by atoms with E-state index < -0.39 is 0 Å². The summed E-state index contributed by atoms with van der Waals surface area (Å²) in [4.78, 5) is 10.9. The Morgan fingerprint density at radius 1 is 1.33 bits per heavy atom. The molecular formula is C13H16N4O. The fraction of sp³-hybridized carbons (Fsp3) is 0.385. The molecule has 0 saturated carbocycles. The van der Waals surface area contributed by atoms with Crippen LogP contribution in [0.25, 0.3) is 10.9 Å². The molecule has 2 aromatic rings. The van der Waals surface area contributed by atoms with E-state index in [-0.39, 0.29) is 6.10 Å². The minimum absolute atomic E-state index is 0.216. The van der Waals surface area contributed by atoms with Crippen molar-refractivity contribution in [2.75, 3.05) is 30.3 Å². The summed E-state index contributed by atoms with van der Waals surface area (Å²) in [6.07, 6.45) is 0.216. The first-order valence-corrected chi connectivity index (χ1v) is 6.13. The summed E-state index contributed by atoms with van der Waals surface area (Å²) in [6.45, 7) is 4.46. The Bertz CT molecular complexity index is 572. The van der Waals surface area contributed by atoms with E-state index in [0.29, 0.717) is 5.95 Å². The normalized spacial score (nSPS) is 20.3. The lowest BCUT2D eigenvalue weighted by atomic mass is 10.2. The highest BCUT2D eigenvalue weighted by Gasteiger charge is 2.20. The number of ether oxygens (including phenoxy) is 1. The molecule has 0 amide bonds. The van der Waals surface area contributed by atoms with Crippen LogP contribution in [0.3, 0.4) is 0 Å². The maximum absolute atomic E-state index is 5.79. The third-order valence-corrected chi connectivity index (χ3v) is 3.14. The van der Waals surface area contributed by atoms with Crippen molar-refractivity contribution in [1.29, 1.82) is 0 Å². The van der Waals surface area contributed by atoms with E-state index in [1.807, 2.05) is 24.3 Å². The molecule has 0 bridgehead atoms. The standard InChI is InChI=1S/C13H16N4O/c1-9-8-17(6-7-18-9)12-10-4-2-3-5-11(10)15-13(14)16-12/h2-5,9H,6-8H2,1H3,(H2,14,15,16). The molecular weight excluding hydrogens is 228 g/mol. The van der Waals surface area contributed by atoms with Gasteiger partial charge in [-0.05, 0) is 19.1 Å². The highest BCUT2D eigenvalue weighted by molar-refractivity contribution is 5.90. The number of fused-ring (bicyclic) bond motifs is 1. The first kappa shape index (κ1) is 11.2. The molecule has 1 unspecified atom stereocenters. The van der Waals surface area contributed by atoms with E-state index in [9.17, 15) is 0 Å². The third kappa shape index (κ3) is 1.97. The molecule has 0 spiro atoms. The van der Waals surface area contributed by atoms with E-state index in [0.717, 1.165) is 36.4 Å². The number of hydrogen-bond acceptors (Lipinski definition) is 5. The van der Waals surface area contributed by atoms with Crippen molar-refractivity contribution in [3.05, 3.63) is 24.3 Å². The van der Waals surface area contributed by atoms with Gasteiger partial charge in [0.25, 0.3) is 0 Å². The Labute approximate surface area is 106 Å². The van der Waals surface area contributed by atoms with Gasteiger partial charge in [-0.2, -0.15) is 4.98 Å². The van der Waals surface area contributed by atoms with Crippen molar-refractivity contribution in [2.24, 2.45) is 0 Å². The number of aromatic nitrogens is 2. The second kappa shape index (κ2) is 4.42. The Balaban J connectivity index is 2.09. The molecule has 5 nitrogen and oxygen atoms in total. The van der Waals surface area contributed by atoms with Gasteiger partial charge in [0, 0.05) is 18.5 Å². The van der Waals surface area contributed by atoms with Gasteiger partial charge in [0.15, 0.2) is 0 Å². The van der Waals surface area contributed by atoms with E-state index in [1.165, 1.54) is 0 Å². The number of hydrogen-bond donors (Lipinski definition) is 1. The SMILES string of the molecule is CC1CN(c2nc(N)nc3ccccc23)CCO1. The average molecular weight is 244 g/mol. The molecule has 2 heterocycles. The Morgan fingerprint density at radius 3 is 3.00 bits per heavy atom. The lowest BCUT2D eigenvalue weighted by molar-refractivity contribution is 0.0530. The van der Waals surface area contributed by atoms with Crippen LogP contribution in [0.2, 0.25) is 0 Å². The Hall–Kier alpha value is -1.88. The number of nitrogens with two attached hydrogens (primary N) is 1. The second-order valence-corrected chi connectivity index (χ2v) is 4.55. The van der Waals surface area contributed by atoms with Gasteiger partial charge in [0.1, 0.15) is 5.82 Å². The van der Waals surface area contributed by atoms with Crippen LogP contribution in [0.1, 0.15) is 6.92 Å². The van der Waals surface area contributed by atoms with Gasteiger partial charge in [-0.1, -0.05) is 12.1 Å². The molecule has 94 valence electrons. The van der Waals surface area contributed by atoms with Crippen LogP contribution in [0.5, 0.6) is 0 Å². The van der Waals surface area contributed by atoms with Crippen molar-refractivity contribution < 1.29 is 4.74 Å². The molecule has 1 aliphatic rings. The van der Waals surface area contributed by atoms with Crippen LogP contribution < -0.4 is 10.6 Å². The van der Waals surface area contributed by atoms with E-state index in [2.05, 4.69) is 21.8 Å². The molecule has 1 aliphatic heterocycles. The van der Waals surface area contributed by atoms with Crippen LogP contribution in [-0.4, -0.2) is 35.8 Å². The van der Waals surface area contributed by atoms with Gasteiger partial charge >= 0.3 is 0 Å². The van der Waals surface area contributed by atoms with Gasteiger partial charge in [-0.15, -0.1) is 0 Å². The molecule has 3 rings (SSSR count). The Kier molecular flexibility index (Phi) is 2.76. The quantitative estimate of drug-likeness (QED) is 0.822. The van der Waals surface area contributed by atoms with Crippen molar-refractivity contribution in [2.45, 2.75) is 13.0 Å².